The zero-order chi connectivity index (χ0) is 18.5. The molecule has 0 radical (unpaired) electrons. The zero-order valence-electron chi connectivity index (χ0n) is 15.4. The van der Waals surface area contributed by atoms with Crippen LogP contribution in [0.15, 0.2) is 35.3 Å². The van der Waals surface area contributed by atoms with E-state index in [1.807, 2.05) is 50.0 Å². The number of aromatic amines is 1. The van der Waals surface area contributed by atoms with E-state index in [0.29, 0.717) is 12.0 Å². The lowest BCUT2D eigenvalue weighted by molar-refractivity contribution is -0.125. The van der Waals surface area contributed by atoms with Gasteiger partial charge in [-0.15, -0.1) is 0 Å². The van der Waals surface area contributed by atoms with E-state index in [0.717, 1.165) is 47.0 Å². The van der Waals surface area contributed by atoms with Crippen LogP contribution in [0.4, 0.5) is 0 Å². The van der Waals surface area contributed by atoms with Crippen molar-refractivity contribution in [2.75, 3.05) is 0 Å². The van der Waals surface area contributed by atoms with Gasteiger partial charge in [0.25, 0.3) is 5.56 Å². The van der Waals surface area contributed by atoms with E-state index in [2.05, 4.69) is 16.1 Å². The summed E-state index contributed by atoms with van der Waals surface area (Å²) in [6.07, 6.45) is 5.08. The molecule has 4 rings (SSSR count). The number of ketones is 1. The Labute approximate surface area is 152 Å². The summed E-state index contributed by atoms with van der Waals surface area (Å²) in [5.41, 5.74) is 3.61. The first-order valence-electron chi connectivity index (χ1n) is 9.10. The minimum absolute atomic E-state index is 0.164. The number of rotatable bonds is 2. The lowest BCUT2D eigenvalue weighted by atomic mass is 9.70. The standard InChI is InChI=1S/C21H23N3O2/c1-13-10-14(11-18-15(13)12-22-24(18)3)17-8-7-16(20(26)23-17)21(2)9-5-4-6-19(21)25/h7-8,10-12H,4-6,9H2,1-3H3,(H,23,26)/t21-/m1/s1. The number of carbonyl (C=O) groups is 1. The Kier molecular flexibility index (Phi) is 3.83. The molecule has 2 heterocycles. The fraction of sp³-hybridized carbons (Fsp3) is 0.381. The largest absolute Gasteiger partial charge is 0.322 e. The Morgan fingerprint density at radius 3 is 2.73 bits per heavy atom. The van der Waals surface area contributed by atoms with Crippen LogP contribution >= 0.6 is 0 Å². The monoisotopic (exact) mass is 349 g/mol. The fourth-order valence-electron chi connectivity index (χ4n) is 4.12. The summed E-state index contributed by atoms with van der Waals surface area (Å²) < 4.78 is 1.83. The van der Waals surface area contributed by atoms with E-state index >= 15 is 0 Å². The molecule has 1 N–H and O–H groups in total. The molecule has 1 aromatic carbocycles. The number of nitrogens with zero attached hydrogens (tertiary/aromatic N) is 2. The molecule has 2 aromatic heterocycles. The van der Waals surface area contributed by atoms with Crippen LogP contribution in [0.2, 0.25) is 0 Å². The van der Waals surface area contributed by atoms with Gasteiger partial charge in [0.2, 0.25) is 0 Å². The highest BCUT2D eigenvalue weighted by atomic mass is 16.1. The SMILES string of the molecule is Cc1cc(-c2ccc([C@@]3(C)CCCCC3=O)c(=O)[nH]2)cc2c1cnn2C. The Balaban J connectivity index is 1.80. The second-order valence-corrected chi connectivity index (χ2v) is 7.57. The lowest BCUT2D eigenvalue weighted by Gasteiger charge is -2.31. The molecule has 0 saturated heterocycles. The highest BCUT2D eigenvalue weighted by Crippen LogP contribution is 2.35. The third kappa shape index (κ3) is 2.50. The number of fused-ring (bicyclic) bond motifs is 1. The number of H-pyrrole nitrogens is 1. The predicted octanol–water partition coefficient (Wildman–Crippen LogP) is 3.64. The number of aromatic nitrogens is 3. The Morgan fingerprint density at radius 2 is 2.00 bits per heavy atom. The fourth-order valence-corrected chi connectivity index (χ4v) is 4.12. The molecule has 0 unspecified atom stereocenters. The van der Waals surface area contributed by atoms with Crippen LogP contribution in [0.5, 0.6) is 0 Å². The number of carbonyl (C=O) groups excluding carboxylic acids is 1. The van der Waals surface area contributed by atoms with Crippen molar-refractivity contribution in [2.24, 2.45) is 7.05 Å². The van der Waals surface area contributed by atoms with Crippen LogP contribution in [0.3, 0.4) is 0 Å². The van der Waals surface area contributed by atoms with Gasteiger partial charge in [0, 0.05) is 35.7 Å². The molecule has 1 aliphatic rings. The molecule has 0 aliphatic heterocycles. The number of hydrogen-bond acceptors (Lipinski definition) is 3. The molecule has 1 saturated carbocycles. The maximum atomic E-state index is 12.8. The Bertz CT molecular complexity index is 1080. The first-order chi connectivity index (χ1) is 12.4. The van der Waals surface area contributed by atoms with Crippen molar-refractivity contribution in [1.29, 1.82) is 0 Å². The van der Waals surface area contributed by atoms with Gasteiger partial charge >= 0.3 is 0 Å². The highest BCUT2D eigenvalue weighted by molar-refractivity contribution is 5.90. The molecule has 5 nitrogen and oxygen atoms in total. The van der Waals surface area contributed by atoms with Crippen molar-refractivity contribution >= 4 is 16.7 Å². The molecule has 5 heteroatoms. The van der Waals surface area contributed by atoms with Crippen LogP contribution in [0, 0.1) is 6.92 Å². The van der Waals surface area contributed by atoms with E-state index < -0.39 is 5.41 Å². The number of aryl methyl sites for hydroxylation is 2. The number of nitrogens with one attached hydrogen (secondary N) is 1. The summed E-state index contributed by atoms with van der Waals surface area (Å²) in [4.78, 5) is 28.3. The molecule has 134 valence electrons. The van der Waals surface area contributed by atoms with Gasteiger partial charge in [-0.25, -0.2) is 0 Å². The molecule has 1 atom stereocenters. The van der Waals surface area contributed by atoms with Crippen LogP contribution in [-0.4, -0.2) is 20.5 Å². The summed E-state index contributed by atoms with van der Waals surface area (Å²) in [7, 11) is 1.91. The number of Topliss-reactive ketones (excluding diaryl/α,β-unsaturated/α-hetero) is 1. The lowest BCUT2D eigenvalue weighted by Crippen LogP contribution is -2.40. The summed E-state index contributed by atoms with van der Waals surface area (Å²) in [6.45, 7) is 3.95. The van der Waals surface area contributed by atoms with Crippen LogP contribution in [0.25, 0.3) is 22.2 Å². The molecule has 0 bridgehead atoms. The number of hydrogen-bond donors (Lipinski definition) is 1. The zero-order valence-corrected chi connectivity index (χ0v) is 15.4. The van der Waals surface area contributed by atoms with Gasteiger partial charge < -0.3 is 4.98 Å². The summed E-state index contributed by atoms with van der Waals surface area (Å²) in [5, 5.41) is 5.42. The molecule has 1 fully saturated rings. The second-order valence-electron chi connectivity index (χ2n) is 7.57. The van der Waals surface area contributed by atoms with E-state index in [4.69, 9.17) is 0 Å². The van der Waals surface area contributed by atoms with Crippen molar-refractivity contribution in [3.05, 3.63) is 51.9 Å². The summed E-state index contributed by atoms with van der Waals surface area (Å²) in [5.74, 6) is 0.175. The Morgan fingerprint density at radius 1 is 1.19 bits per heavy atom. The molecule has 0 amide bonds. The van der Waals surface area contributed by atoms with E-state index in [9.17, 15) is 9.59 Å². The smallest absolute Gasteiger partial charge is 0.252 e. The maximum Gasteiger partial charge on any atom is 0.252 e. The quantitative estimate of drug-likeness (QED) is 0.768. The van der Waals surface area contributed by atoms with Crippen molar-refractivity contribution in [2.45, 2.75) is 44.9 Å². The maximum absolute atomic E-state index is 12.8. The third-order valence-corrected chi connectivity index (χ3v) is 5.83. The van der Waals surface area contributed by atoms with E-state index in [1.54, 1.807) is 0 Å². The van der Waals surface area contributed by atoms with Gasteiger partial charge in [0.1, 0.15) is 5.78 Å². The molecular formula is C21H23N3O2. The van der Waals surface area contributed by atoms with Gasteiger partial charge in [-0.05, 0) is 50.5 Å². The number of benzene rings is 1. The van der Waals surface area contributed by atoms with Crippen LogP contribution in [0.1, 0.15) is 43.7 Å². The van der Waals surface area contributed by atoms with Gasteiger partial charge in [0.05, 0.1) is 17.1 Å². The van der Waals surface area contributed by atoms with E-state index in [-0.39, 0.29) is 11.3 Å². The first kappa shape index (κ1) is 16.8. The van der Waals surface area contributed by atoms with Gasteiger partial charge in [-0.1, -0.05) is 12.5 Å². The van der Waals surface area contributed by atoms with Crippen molar-refractivity contribution in [1.82, 2.24) is 14.8 Å². The number of pyridine rings is 1. The molecule has 3 aromatic rings. The van der Waals surface area contributed by atoms with Crippen molar-refractivity contribution in [3.63, 3.8) is 0 Å². The van der Waals surface area contributed by atoms with Gasteiger partial charge in [0.15, 0.2) is 0 Å². The molecular weight excluding hydrogens is 326 g/mol. The average Bonchev–Trinajstić information content (AvgIpc) is 2.99. The molecule has 1 aliphatic carbocycles. The summed E-state index contributed by atoms with van der Waals surface area (Å²) >= 11 is 0. The minimum atomic E-state index is -0.660. The highest BCUT2D eigenvalue weighted by Gasteiger charge is 2.38. The Hall–Kier alpha value is -2.69. The van der Waals surface area contributed by atoms with Crippen LogP contribution < -0.4 is 5.56 Å². The van der Waals surface area contributed by atoms with Crippen molar-refractivity contribution in [3.8, 4) is 11.3 Å². The predicted molar refractivity (Wildman–Crippen MR) is 102 cm³/mol. The minimum Gasteiger partial charge on any atom is -0.322 e. The normalized spacial score (nSPS) is 20.7. The van der Waals surface area contributed by atoms with Gasteiger partial charge in [-0.2, -0.15) is 5.10 Å². The second kappa shape index (κ2) is 5.94. The van der Waals surface area contributed by atoms with Crippen molar-refractivity contribution < 1.29 is 4.79 Å². The molecule has 0 spiro atoms. The topological polar surface area (TPSA) is 67.8 Å². The third-order valence-electron chi connectivity index (χ3n) is 5.83. The summed E-state index contributed by atoms with van der Waals surface area (Å²) in [6, 6.07) is 7.84. The molecule has 26 heavy (non-hydrogen) atoms. The van der Waals surface area contributed by atoms with E-state index in [1.165, 1.54) is 0 Å². The van der Waals surface area contributed by atoms with Gasteiger partial charge in [-0.3, -0.25) is 14.3 Å². The first-order valence-corrected chi connectivity index (χ1v) is 9.10. The van der Waals surface area contributed by atoms with Crippen LogP contribution in [-0.2, 0) is 17.3 Å². The average molecular weight is 349 g/mol.